The van der Waals surface area contributed by atoms with E-state index in [1.54, 1.807) is 5.57 Å². The third kappa shape index (κ3) is 4.28. The van der Waals surface area contributed by atoms with E-state index in [1.165, 1.54) is 102 Å². The van der Waals surface area contributed by atoms with Crippen molar-refractivity contribution >= 4 is 6.08 Å². The highest BCUT2D eigenvalue weighted by molar-refractivity contribution is 5.67. The van der Waals surface area contributed by atoms with Crippen molar-refractivity contribution in [3.8, 4) is 11.4 Å². The lowest BCUT2D eigenvalue weighted by molar-refractivity contribution is -0.0478. The molecule has 5 nitrogen and oxygen atoms in total. The lowest BCUT2D eigenvalue weighted by atomic mass is 9.46. The molecule has 0 bridgehead atoms. The van der Waals surface area contributed by atoms with E-state index in [1.807, 2.05) is 0 Å². The first-order chi connectivity index (χ1) is 19.2. The number of unbranched alkanes of at least 4 members (excludes halogenated alkanes) is 5. The Kier molecular flexibility index (Phi) is 7.40. The van der Waals surface area contributed by atoms with Crippen LogP contribution in [0.25, 0.3) is 17.5 Å². The minimum absolute atomic E-state index is 0.158. The second-order valence-electron chi connectivity index (χ2n) is 14.3. The van der Waals surface area contributed by atoms with Gasteiger partial charge in [0.05, 0.1) is 5.56 Å². The number of hydrogen-bond donors (Lipinski definition) is 0. The molecule has 0 saturated heterocycles. The van der Waals surface area contributed by atoms with Crippen LogP contribution in [0.4, 0.5) is 0 Å². The minimum atomic E-state index is -0.468. The second-order valence-corrected chi connectivity index (χ2v) is 14.3. The zero-order chi connectivity index (χ0) is 28.2. The van der Waals surface area contributed by atoms with Crippen molar-refractivity contribution in [2.24, 2.45) is 41.5 Å². The van der Waals surface area contributed by atoms with Crippen LogP contribution in [-0.2, 0) is 20.0 Å². The number of nitrogens with zero attached hydrogens (tertiary/aromatic N) is 3. The van der Waals surface area contributed by atoms with Gasteiger partial charge in [0.25, 0.3) is 5.56 Å². The van der Waals surface area contributed by atoms with Gasteiger partial charge < -0.3 is 4.57 Å². The minimum Gasteiger partial charge on any atom is -0.326 e. The van der Waals surface area contributed by atoms with Crippen LogP contribution in [0.1, 0.15) is 122 Å². The van der Waals surface area contributed by atoms with E-state index in [0.717, 1.165) is 34.7 Å². The fraction of sp³-hybridized carbons (Fsp3) is 0.743. The lowest BCUT2D eigenvalue weighted by Crippen LogP contribution is -2.51. The number of rotatable bonds is 8. The molecule has 3 saturated carbocycles. The van der Waals surface area contributed by atoms with Crippen LogP contribution in [0.15, 0.2) is 21.2 Å². The Morgan fingerprint density at radius 3 is 2.52 bits per heavy atom. The van der Waals surface area contributed by atoms with Gasteiger partial charge in [-0.1, -0.05) is 64.9 Å². The predicted molar refractivity (Wildman–Crippen MR) is 164 cm³/mol. The normalized spacial score (nSPS) is 32.8. The van der Waals surface area contributed by atoms with Gasteiger partial charge >= 0.3 is 5.69 Å². The molecule has 0 radical (unpaired) electrons. The molecule has 0 aromatic carbocycles. The highest BCUT2D eigenvalue weighted by Crippen LogP contribution is 2.67. The molecule has 5 heteroatoms. The molecule has 40 heavy (non-hydrogen) atoms. The van der Waals surface area contributed by atoms with Crippen LogP contribution in [0.3, 0.4) is 0 Å². The molecule has 0 spiro atoms. The van der Waals surface area contributed by atoms with Crippen molar-refractivity contribution in [3.05, 3.63) is 43.7 Å². The molecule has 2 heterocycles. The van der Waals surface area contributed by atoms with E-state index >= 15 is 0 Å². The van der Waals surface area contributed by atoms with E-state index in [0.29, 0.717) is 23.3 Å². The maximum Gasteiger partial charge on any atom is 0.352 e. The maximum atomic E-state index is 13.1. The standard InChI is InChI=1S/C35H51N3O2/c1-6-8-9-10-11-12-13-24-15-17-28-26-16-14-25-21-30-23(22-35(25,4)29(26)18-19-34(24,28)3)20-27-31(38(30)7-2)36-33(40)37(5)32(27)39/h20-21,24,26,28-29H,6-19,22H2,1-5H3/t24-,26-,28-,29-,34+,35-/m0/s1. The van der Waals surface area contributed by atoms with Gasteiger partial charge in [0.2, 0.25) is 0 Å². The van der Waals surface area contributed by atoms with Crippen LogP contribution < -0.4 is 11.2 Å². The molecule has 0 aromatic heterocycles. The molecule has 3 fully saturated rings. The van der Waals surface area contributed by atoms with E-state index in [4.69, 9.17) is 0 Å². The number of aromatic nitrogens is 3. The molecule has 6 aliphatic rings. The van der Waals surface area contributed by atoms with Crippen molar-refractivity contribution in [2.75, 3.05) is 0 Å². The highest BCUT2D eigenvalue weighted by Gasteiger charge is 2.58. The molecule has 6 atom stereocenters. The van der Waals surface area contributed by atoms with E-state index < -0.39 is 5.69 Å². The van der Waals surface area contributed by atoms with E-state index in [2.05, 4.69) is 49.4 Å². The molecule has 0 unspecified atom stereocenters. The van der Waals surface area contributed by atoms with Crippen molar-refractivity contribution in [1.29, 1.82) is 0 Å². The summed E-state index contributed by atoms with van der Waals surface area (Å²) in [6, 6.07) is 2.08. The molecule has 0 N–H and O–H groups in total. The van der Waals surface area contributed by atoms with Gasteiger partial charge in [0, 0.05) is 19.3 Å². The number of allylic oxidation sites excluding steroid dienone is 1. The lowest BCUT2D eigenvalue weighted by Gasteiger charge is -2.58. The summed E-state index contributed by atoms with van der Waals surface area (Å²) in [6.45, 7) is 10.3. The molecule has 218 valence electrons. The van der Waals surface area contributed by atoms with E-state index in [-0.39, 0.29) is 11.0 Å². The van der Waals surface area contributed by atoms with Gasteiger partial charge in [-0.05, 0) is 110 Å². The average molecular weight is 546 g/mol. The first kappa shape index (κ1) is 28.0. The quantitative estimate of drug-likeness (QED) is 0.321. The predicted octanol–water partition coefficient (Wildman–Crippen LogP) is 7.62. The Hall–Kier alpha value is -2.17. The Labute approximate surface area is 240 Å². The second kappa shape index (κ2) is 10.6. The number of fused-ring (bicyclic) bond motifs is 7. The molecule has 0 amide bonds. The summed E-state index contributed by atoms with van der Waals surface area (Å²) in [5.41, 5.74) is 4.61. The number of hydrogen-bond acceptors (Lipinski definition) is 3. The largest absolute Gasteiger partial charge is 0.352 e. The Morgan fingerprint density at radius 2 is 1.75 bits per heavy atom. The monoisotopic (exact) mass is 545 g/mol. The van der Waals surface area contributed by atoms with Crippen LogP contribution in [0.5, 0.6) is 0 Å². The fourth-order valence-corrected chi connectivity index (χ4v) is 10.2. The maximum absolute atomic E-state index is 13.1. The third-order valence-corrected chi connectivity index (χ3v) is 12.5. The smallest absolute Gasteiger partial charge is 0.326 e. The van der Waals surface area contributed by atoms with Gasteiger partial charge in [-0.3, -0.25) is 9.36 Å². The fourth-order valence-electron chi connectivity index (χ4n) is 10.2. The first-order valence-electron chi connectivity index (χ1n) is 16.6. The summed E-state index contributed by atoms with van der Waals surface area (Å²) in [5, 5.41) is 0. The van der Waals surface area contributed by atoms with Crippen LogP contribution in [0.2, 0.25) is 0 Å². The molecule has 0 aromatic rings. The zero-order valence-corrected chi connectivity index (χ0v) is 25.7. The average Bonchev–Trinajstić information content (AvgIpc) is 3.28. The third-order valence-electron chi connectivity index (χ3n) is 12.5. The molecule has 6 rings (SSSR count). The Balaban J connectivity index is 1.27. The summed E-state index contributed by atoms with van der Waals surface area (Å²) in [6.07, 6.45) is 21.4. The van der Waals surface area contributed by atoms with Crippen molar-refractivity contribution < 1.29 is 0 Å². The summed E-state index contributed by atoms with van der Waals surface area (Å²) in [4.78, 5) is 29.9. The van der Waals surface area contributed by atoms with Crippen LogP contribution in [0, 0.1) is 34.5 Å². The summed E-state index contributed by atoms with van der Waals surface area (Å²) in [5.74, 6) is 3.89. The van der Waals surface area contributed by atoms with Gasteiger partial charge in [-0.15, -0.1) is 0 Å². The van der Waals surface area contributed by atoms with Gasteiger partial charge in [-0.2, -0.15) is 4.98 Å². The Bertz CT molecular complexity index is 1380. The zero-order valence-electron chi connectivity index (χ0n) is 25.7. The highest BCUT2D eigenvalue weighted by atomic mass is 16.2. The summed E-state index contributed by atoms with van der Waals surface area (Å²) >= 11 is 0. The molecular weight excluding hydrogens is 494 g/mol. The van der Waals surface area contributed by atoms with Gasteiger partial charge in [0.15, 0.2) is 5.82 Å². The van der Waals surface area contributed by atoms with Crippen molar-refractivity contribution in [2.45, 2.75) is 124 Å². The molecule has 2 aliphatic heterocycles. The summed E-state index contributed by atoms with van der Waals surface area (Å²) in [7, 11) is 1.54. The van der Waals surface area contributed by atoms with Crippen LogP contribution in [-0.4, -0.2) is 14.1 Å². The molecular formula is C35H51N3O2. The SMILES string of the molecule is CCCCCCCC[C@H]1CC[C@H]2[C@@H]3CCC4=Cc5c(cc6c(=O)n(C)c(=O)nc-6n5CC)C[C@]4(C)[C@H]3CC[C@]12C. The Morgan fingerprint density at radius 1 is 0.975 bits per heavy atom. The van der Waals surface area contributed by atoms with E-state index in [9.17, 15) is 9.59 Å². The molecule has 4 aliphatic carbocycles. The van der Waals surface area contributed by atoms with Crippen molar-refractivity contribution in [3.63, 3.8) is 0 Å². The van der Waals surface area contributed by atoms with Crippen molar-refractivity contribution in [1.82, 2.24) is 14.1 Å². The first-order valence-corrected chi connectivity index (χ1v) is 16.6. The van der Waals surface area contributed by atoms with Crippen LogP contribution >= 0.6 is 0 Å². The summed E-state index contributed by atoms with van der Waals surface area (Å²) < 4.78 is 3.27. The number of pyridine rings is 1. The topological polar surface area (TPSA) is 56.9 Å². The van der Waals surface area contributed by atoms with Gasteiger partial charge in [-0.25, -0.2) is 4.79 Å². The van der Waals surface area contributed by atoms with Gasteiger partial charge in [0.1, 0.15) is 0 Å².